The van der Waals surface area contributed by atoms with Gasteiger partial charge >= 0.3 is 0 Å². The van der Waals surface area contributed by atoms with Gasteiger partial charge in [-0.3, -0.25) is 4.79 Å². The number of hydrogen-bond donors (Lipinski definition) is 0. The van der Waals surface area contributed by atoms with E-state index in [9.17, 15) is 4.79 Å². The molecule has 94 valence electrons. The van der Waals surface area contributed by atoms with Gasteiger partial charge in [0, 0.05) is 26.6 Å². The molecule has 0 fully saturated rings. The minimum absolute atomic E-state index is 0.303. The summed E-state index contributed by atoms with van der Waals surface area (Å²) in [4.78, 5) is 11.8. The van der Waals surface area contributed by atoms with Crippen LogP contribution in [0.15, 0.2) is 12.1 Å². The fourth-order valence-corrected chi connectivity index (χ4v) is 2.19. The molecule has 0 heterocycles. The summed E-state index contributed by atoms with van der Waals surface area (Å²) in [5.74, 6) is 0.303. The molecule has 0 spiro atoms. The molecule has 1 aromatic rings. The molecule has 0 saturated heterocycles. The number of carbonyl (C=O) groups is 1. The van der Waals surface area contributed by atoms with Crippen molar-refractivity contribution in [3.05, 3.63) is 34.4 Å². The first-order valence-corrected chi connectivity index (χ1v) is 6.12. The van der Waals surface area contributed by atoms with Crippen molar-refractivity contribution in [1.82, 2.24) is 0 Å². The van der Waals surface area contributed by atoms with Gasteiger partial charge in [0.15, 0.2) is 0 Å². The van der Waals surface area contributed by atoms with Crippen molar-refractivity contribution in [3.63, 3.8) is 0 Å². The van der Waals surface area contributed by atoms with Crippen LogP contribution in [0.5, 0.6) is 0 Å². The van der Waals surface area contributed by atoms with Crippen LogP contribution in [0.25, 0.3) is 0 Å². The van der Waals surface area contributed by atoms with Gasteiger partial charge in [-0.2, -0.15) is 0 Å². The summed E-state index contributed by atoms with van der Waals surface area (Å²) in [5, 5.41) is 0. The maximum atomic E-state index is 11.8. The summed E-state index contributed by atoms with van der Waals surface area (Å²) >= 11 is 0. The van der Waals surface area contributed by atoms with Gasteiger partial charge in [-0.15, -0.1) is 0 Å². The minimum atomic E-state index is 0.303. The first-order valence-electron chi connectivity index (χ1n) is 6.12. The smallest absolute Gasteiger partial charge is 0.137 e. The highest BCUT2D eigenvalue weighted by atomic mass is 16.5. The second-order valence-corrected chi connectivity index (χ2v) is 4.69. The molecule has 1 aromatic carbocycles. The fourth-order valence-electron chi connectivity index (χ4n) is 2.19. The predicted molar refractivity (Wildman–Crippen MR) is 70.5 cm³/mol. The number of hydrogen-bond acceptors (Lipinski definition) is 2. The first-order chi connectivity index (χ1) is 8.04. The zero-order valence-electron chi connectivity index (χ0n) is 11.3. The Bertz CT molecular complexity index is 371. The molecular formula is C15H22O2. The van der Waals surface area contributed by atoms with E-state index in [1.165, 1.54) is 22.3 Å². The summed E-state index contributed by atoms with van der Waals surface area (Å²) < 4.78 is 4.95. The van der Waals surface area contributed by atoms with E-state index >= 15 is 0 Å². The molecule has 0 bridgehead atoms. The number of ketones is 1. The van der Waals surface area contributed by atoms with Crippen LogP contribution in [-0.4, -0.2) is 19.5 Å². The third-order valence-corrected chi connectivity index (χ3v) is 3.02. The van der Waals surface area contributed by atoms with Gasteiger partial charge in [0.25, 0.3) is 0 Å². The third-order valence-electron chi connectivity index (χ3n) is 3.02. The number of rotatable bonds is 6. The van der Waals surface area contributed by atoms with Crippen LogP contribution in [0.4, 0.5) is 0 Å². The summed E-state index contributed by atoms with van der Waals surface area (Å²) in [7, 11) is 1.67. The van der Waals surface area contributed by atoms with Crippen LogP contribution in [-0.2, 0) is 16.0 Å². The predicted octanol–water partition coefficient (Wildman–Crippen LogP) is 3.15. The lowest BCUT2D eigenvalue weighted by Crippen LogP contribution is -2.07. The standard InChI is InChI=1S/C15H22O2/c1-11-8-12(2)15(13(3)9-11)10-14(16)6-5-7-17-4/h8-9H,5-7,10H2,1-4H3. The fraction of sp³-hybridized carbons (Fsp3) is 0.533. The Balaban J connectivity index is 2.65. The molecule has 17 heavy (non-hydrogen) atoms. The van der Waals surface area contributed by atoms with Crippen molar-refractivity contribution in [1.29, 1.82) is 0 Å². The topological polar surface area (TPSA) is 26.3 Å². The van der Waals surface area contributed by atoms with Gasteiger partial charge in [0.1, 0.15) is 5.78 Å². The first kappa shape index (κ1) is 13.9. The van der Waals surface area contributed by atoms with Gasteiger partial charge in [-0.05, 0) is 43.9 Å². The lowest BCUT2D eigenvalue weighted by atomic mass is 9.95. The van der Waals surface area contributed by atoms with E-state index in [0.717, 1.165) is 6.42 Å². The van der Waals surface area contributed by atoms with E-state index in [0.29, 0.717) is 25.2 Å². The summed E-state index contributed by atoms with van der Waals surface area (Å²) in [6.07, 6.45) is 1.99. The van der Waals surface area contributed by atoms with E-state index < -0.39 is 0 Å². The highest BCUT2D eigenvalue weighted by molar-refractivity contribution is 5.81. The summed E-state index contributed by atoms with van der Waals surface area (Å²) in [6, 6.07) is 4.29. The Labute approximate surface area is 104 Å². The van der Waals surface area contributed by atoms with Gasteiger partial charge in [0.05, 0.1) is 0 Å². The van der Waals surface area contributed by atoms with Crippen molar-refractivity contribution in [2.24, 2.45) is 0 Å². The summed E-state index contributed by atoms with van der Waals surface area (Å²) in [6.45, 7) is 6.91. The van der Waals surface area contributed by atoms with Crippen molar-refractivity contribution < 1.29 is 9.53 Å². The SMILES string of the molecule is COCCCC(=O)Cc1c(C)cc(C)cc1C. The van der Waals surface area contributed by atoms with E-state index in [4.69, 9.17) is 4.74 Å². The van der Waals surface area contributed by atoms with Crippen LogP contribution >= 0.6 is 0 Å². The minimum Gasteiger partial charge on any atom is -0.385 e. The normalized spacial score (nSPS) is 10.6. The molecule has 1 rings (SSSR count). The number of aryl methyl sites for hydroxylation is 3. The largest absolute Gasteiger partial charge is 0.385 e. The maximum absolute atomic E-state index is 11.8. The van der Waals surface area contributed by atoms with Crippen LogP contribution in [0.3, 0.4) is 0 Å². The molecule has 0 unspecified atom stereocenters. The van der Waals surface area contributed by atoms with Crippen LogP contribution in [0.1, 0.15) is 35.1 Å². The van der Waals surface area contributed by atoms with E-state index in [-0.39, 0.29) is 0 Å². The highest BCUT2D eigenvalue weighted by Crippen LogP contribution is 2.17. The molecule has 0 radical (unpaired) electrons. The molecule has 0 aliphatic carbocycles. The Kier molecular flexibility index (Phi) is 5.36. The molecule has 2 heteroatoms. The average molecular weight is 234 g/mol. The Morgan fingerprint density at radius 1 is 1.18 bits per heavy atom. The van der Waals surface area contributed by atoms with Gasteiger partial charge in [-0.1, -0.05) is 17.7 Å². The van der Waals surface area contributed by atoms with Crippen molar-refractivity contribution in [3.8, 4) is 0 Å². The maximum Gasteiger partial charge on any atom is 0.137 e. The number of benzene rings is 1. The number of Topliss-reactive ketones (excluding diaryl/α,β-unsaturated/α-hetero) is 1. The highest BCUT2D eigenvalue weighted by Gasteiger charge is 2.09. The quantitative estimate of drug-likeness (QED) is 0.707. The van der Waals surface area contributed by atoms with Gasteiger partial charge in [-0.25, -0.2) is 0 Å². The molecule has 0 atom stereocenters. The molecule has 0 aliphatic rings. The van der Waals surface area contributed by atoms with E-state index in [1.807, 2.05) is 0 Å². The van der Waals surface area contributed by atoms with Crippen molar-refractivity contribution in [2.45, 2.75) is 40.0 Å². The molecule has 0 aromatic heterocycles. The number of carbonyl (C=O) groups excluding carboxylic acids is 1. The molecule has 0 N–H and O–H groups in total. The Morgan fingerprint density at radius 3 is 2.29 bits per heavy atom. The lowest BCUT2D eigenvalue weighted by Gasteiger charge is -2.10. The van der Waals surface area contributed by atoms with Crippen molar-refractivity contribution in [2.75, 3.05) is 13.7 Å². The van der Waals surface area contributed by atoms with Gasteiger partial charge < -0.3 is 4.74 Å². The molecule has 0 amide bonds. The van der Waals surface area contributed by atoms with E-state index in [1.54, 1.807) is 7.11 Å². The van der Waals surface area contributed by atoms with Crippen molar-refractivity contribution >= 4 is 5.78 Å². The number of ether oxygens (including phenoxy) is 1. The molecule has 2 nitrogen and oxygen atoms in total. The molecule has 0 saturated carbocycles. The second kappa shape index (κ2) is 6.55. The zero-order chi connectivity index (χ0) is 12.8. The summed E-state index contributed by atoms with van der Waals surface area (Å²) in [5.41, 5.74) is 4.90. The van der Waals surface area contributed by atoms with Gasteiger partial charge in [0.2, 0.25) is 0 Å². The van der Waals surface area contributed by atoms with Crippen LogP contribution in [0.2, 0.25) is 0 Å². The van der Waals surface area contributed by atoms with Crippen LogP contribution < -0.4 is 0 Å². The zero-order valence-corrected chi connectivity index (χ0v) is 11.3. The van der Waals surface area contributed by atoms with E-state index in [2.05, 4.69) is 32.9 Å². The monoisotopic (exact) mass is 234 g/mol. The van der Waals surface area contributed by atoms with Crippen LogP contribution in [0, 0.1) is 20.8 Å². The molecular weight excluding hydrogens is 212 g/mol. The average Bonchev–Trinajstić information content (AvgIpc) is 2.24. The lowest BCUT2D eigenvalue weighted by molar-refractivity contribution is -0.118. The Morgan fingerprint density at radius 2 is 1.76 bits per heavy atom. The third kappa shape index (κ3) is 4.31. The number of methoxy groups -OCH3 is 1. The Hall–Kier alpha value is -1.15. The second-order valence-electron chi connectivity index (χ2n) is 4.69. The molecule has 0 aliphatic heterocycles.